The number of aromatic nitrogens is 2. The van der Waals surface area contributed by atoms with Gasteiger partial charge in [0.05, 0.1) is 0 Å². The van der Waals surface area contributed by atoms with Crippen molar-refractivity contribution in [3.8, 4) is 11.5 Å². The Labute approximate surface area is 129 Å². The van der Waals surface area contributed by atoms with Crippen LogP contribution in [0.25, 0.3) is 12.2 Å². The predicted octanol–water partition coefficient (Wildman–Crippen LogP) is 3.80. The molecule has 104 valence electrons. The Morgan fingerprint density at radius 2 is 1.95 bits per heavy atom. The smallest absolute Gasteiger partial charge is 0.268 e. The van der Waals surface area contributed by atoms with Gasteiger partial charge in [-0.3, -0.25) is 0 Å². The molecule has 0 aliphatic carbocycles. The molecule has 1 aliphatic heterocycles. The molecule has 0 amide bonds. The van der Waals surface area contributed by atoms with Crippen LogP contribution in [-0.2, 0) is 3.79 Å². The number of nitrogens with zero attached hydrogens (tertiary/aromatic N) is 2. The van der Waals surface area contributed by atoms with Crippen LogP contribution in [0.3, 0.4) is 0 Å². The average Bonchev–Trinajstić information content (AvgIpc) is 2.87. The monoisotopic (exact) mass is 332 g/mol. The number of halogens is 3. The van der Waals surface area contributed by atoms with Crippen molar-refractivity contribution in [3.05, 3.63) is 35.5 Å². The van der Waals surface area contributed by atoms with E-state index in [1.54, 1.807) is 18.2 Å². The van der Waals surface area contributed by atoms with Gasteiger partial charge in [0.15, 0.2) is 0 Å². The van der Waals surface area contributed by atoms with E-state index in [9.17, 15) is 0 Å². The molecule has 2 heterocycles. The second kappa shape index (κ2) is 5.16. The molecule has 1 aliphatic rings. The van der Waals surface area contributed by atoms with Crippen molar-refractivity contribution in [2.45, 2.75) is 3.79 Å². The number of hydrogen-bond acceptors (Lipinski definition) is 5. The first-order chi connectivity index (χ1) is 9.52. The van der Waals surface area contributed by atoms with Crippen molar-refractivity contribution in [2.75, 3.05) is 6.79 Å². The number of rotatable bonds is 2. The van der Waals surface area contributed by atoms with Crippen molar-refractivity contribution in [1.29, 1.82) is 0 Å². The normalized spacial score (nSPS) is 14.2. The fraction of sp³-hybridized carbons (Fsp3) is 0.167. The number of alkyl halides is 3. The van der Waals surface area contributed by atoms with E-state index in [1.807, 2.05) is 12.1 Å². The van der Waals surface area contributed by atoms with Gasteiger partial charge in [0.25, 0.3) is 9.68 Å². The summed E-state index contributed by atoms with van der Waals surface area (Å²) in [6.07, 6.45) is 3.37. The summed E-state index contributed by atoms with van der Waals surface area (Å²) in [6, 6.07) is 5.49. The van der Waals surface area contributed by atoms with Gasteiger partial charge in [0, 0.05) is 17.7 Å². The van der Waals surface area contributed by atoms with Crippen LogP contribution in [0.15, 0.2) is 22.6 Å². The largest absolute Gasteiger partial charge is 0.457 e. The molecule has 20 heavy (non-hydrogen) atoms. The topological polar surface area (TPSA) is 57.4 Å². The van der Waals surface area contributed by atoms with E-state index >= 15 is 0 Å². The highest BCUT2D eigenvalue weighted by Gasteiger charge is 2.29. The molecule has 2 bridgehead atoms. The van der Waals surface area contributed by atoms with Gasteiger partial charge in [-0.1, -0.05) is 34.8 Å². The average molecular weight is 334 g/mol. The summed E-state index contributed by atoms with van der Waals surface area (Å²) in [7, 11) is 0. The zero-order valence-electron chi connectivity index (χ0n) is 9.85. The molecular formula is C12H7Cl3N2O3. The zero-order chi connectivity index (χ0) is 14.2. The van der Waals surface area contributed by atoms with Gasteiger partial charge in [-0.05, 0) is 18.2 Å². The van der Waals surface area contributed by atoms with E-state index in [0.717, 1.165) is 11.3 Å². The standard InChI is InChI=1S/C12H7Cl3N2O3/c13-12(14,15)11-17-16-10(20-11)4-2-7-1-3-8-5-9(7)19-6-18-8/h1-5H,6H2/b4-2+. The minimum absolute atomic E-state index is 0.0801. The van der Waals surface area contributed by atoms with E-state index < -0.39 is 3.79 Å². The molecule has 2 aromatic rings. The molecule has 8 heteroatoms. The fourth-order valence-electron chi connectivity index (χ4n) is 1.61. The van der Waals surface area contributed by atoms with E-state index in [2.05, 4.69) is 10.2 Å². The highest BCUT2D eigenvalue weighted by Crippen LogP contribution is 2.37. The number of fused-ring (bicyclic) bond motifs is 2. The minimum atomic E-state index is -1.73. The van der Waals surface area contributed by atoms with Gasteiger partial charge < -0.3 is 13.9 Å². The zero-order valence-corrected chi connectivity index (χ0v) is 12.1. The molecule has 0 saturated carbocycles. The molecule has 0 fully saturated rings. The maximum absolute atomic E-state index is 5.64. The number of benzene rings is 1. The molecule has 0 spiro atoms. The Balaban J connectivity index is 1.83. The van der Waals surface area contributed by atoms with Crippen LogP contribution < -0.4 is 9.47 Å². The number of hydrogen-bond donors (Lipinski definition) is 0. The first-order valence-corrected chi connectivity index (χ1v) is 6.64. The van der Waals surface area contributed by atoms with Crippen molar-refractivity contribution >= 4 is 47.0 Å². The lowest BCUT2D eigenvalue weighted by molar-refractivity contribution is 0.105. The second-order valence-electron chi connectivity index (χ2n) is 3.88. The highest BCUT2D eigenvalue weighted by atomic mass is 35.6. The summed E-state index contributed by atoms with van der Waals surface area (Å²) in [5.41, 5.74) is 0.852. The molecule has 0 atom stereocenters. The van der Waals surface area contributed by atoms with Crippen LogP contribution in [0.4, 0.5) is 0 Å². The van der Waals surface area contributed by atoms with Crippen LogP contribution in [-0.4, -0.2) is 17.0 Å². The molecule has 1 aromatic heterocycles. The summed E-state index contributed by atoms with van der Waals surface area (Å²) in [5.74, 6) is 1.63. The van der Waals surface area contributed by atoms with E-state index in [1.165, 1.54) is 0 Å². The van der Waals surface area contributed by atoms with Crippen LogP contribution in [0.1, 0.15) is 17.3 Å². The third kappa shape index (κ3) is 2.85. The van der Waals surface area contributed by atoms with E-state index in [-0.39, 0.29) is 18.6 Å². The molecule has 5 nitrogen and oxygen atoms in total. The Bertz CT molecular complexity index is 664. The lowest BCUT2D eigenvalue weighted by atomic mass is 10.1. The molecule has 0 unspecified atom stereocenters. The van der Waals surface area contributed by atoms with Gasteiger partial charge in [-0.2, -0.15) is 0 Å². The lowest BCUT2D eigenvalue weighted by Crippen LogP contribution is -2.10. The van der Waals surface area contributed by atoms with E-state index in [4.69, 9.17) is 48.7 Å². The SMILES string of the molecule is ClC(Cl)(Cl)c1nnc(/C=C/c2ccc3cc2OCO3)o1. The third-order valence-electron chi connectivity index (χ3n) is 2.51. The molecular weight excluding hydrogens is 327 g/mol. The Morgan fingerprint density at radius 1 is 1.10 bits per heavy atom. The third-order valence-corrected chi connectivity index (χ3v) is 3.00. The molecule has 3 rings (SSSR count). The molecule has 0 saturated heterocycles. The summed E-state index contributed by atoms with van der Waals surface area (Å²) in [5, 5.41) is 7.42. The van der Waals surface area contributed by atoms with Gasteiger partial charge >= 0.3 is 0 Å². The molecule has 0 N–H and O–H groups in total. The Kier molecular flexibility index (Phi) is 3.50. The predicted molar refractivity (Wildman–Crippen MR) is 75.0 cm³/mol. The summed E-state index contributed by atoms with van der Waals surface area (Å²) in [6.45, 7) is 0.195. The van der Waals surface area contributed by atoms with Crippen LogP contribution in [0.5, 0.6) is 11.5 Å². The van der Waals surface area contributed by atoms with Crippen molar-refractivity contribution in [3.63, 3.8) is 0 Å². The van der Waals surface area contributed by atoms with Gasteiger partial charge in [0.2, 0.25) is 12.7 Å². The first-order valence-electron chi connectivity index (χ1n) is 5.51. The van der Waals surface area contributed by atoms with Crippen LogP contribution in [0.2, 0.25) is 0 Å². The minimum Gasteiger partial charge on any atom is -0.457 e. The van der Waals surface area contributed by atoms with Crippen molar-refractivity contribution in [1.82, 2.24) is 10.2 Å². The molecule has 0 radical (unpaired) electrons. The maximum Gasteiger partial charge on any atom is 0.268 e. The fourth-order valence-corrected chi connectivity index (χ4v) is 1.83. The van der Waals surface area contributed by atoms with Crippen LogP contribution >= 0.6 is 34.8 Å². The molecule has 1 aromatic carbocycles. The van der Waals surface area contributed by atoms with E-state index in [0.29, 0.717) is 5.75 Å². The van der Waals surface area contributed by atoms with Gasteiger partial charge in [-0.15, -0.1) is 10.2 Å². The quantitative estimate of drug-likeness (QED) is 0.783. The Morgan fingerprint density at radius 3 is 2.70 bits per heavy atom. The van der Waals surface area contributed by atoms with Gasteiger partial charge in [-0.25, -0.2) is 0 Å². The highest BCUT2D eigenvalue weighted by molar-refractivity contribution is 6.66. The van der Waals surface area contributed by atoms with Crippen molar-refractivity contribution in [2.24, 2.45) is 0 Å². The summed E-state index contributed by atoms with van der Waals surface area (Å²) >= 11 is 16.9. The van der Waals surface area contributed by atoms with Crippen molar-refractivity contribution < 1.29 is 13.9 Å². The summed E-state index contributed by atoms with van der Waals surface area (Å²) < 4.78 is 14.0. The first kappa shape index (κ1) is 13.5. The maximum atomic E-state index is 5.64. The lowest BCUT2D eigenvalue weighted by Gasteiger charge is -2.17. The number of ether oxygens (including phenoxy) is 2. The Hall–Kier alpha value is -1.43. The van der Waals surface area contributed by atoms with Gasteiger partial charge in [0.1, 0.15) is 11.5 Å². The van der Waals surface area contributed by atoms with Crippen LogP contribution in [0, 0.1) is 0 Å². The second-order valence-corrected chi connectivity index (χ2v) is 6.16. The summed E-state index contributed by atoms with van der Waals surface area (Å²) in [4.78, 5) is 0.